The van der Waals surface area contributed by atoms with E-state index in [1.807, 2.05) is 19.9 Å². The summed E-state index contributed by atoms with van der Waals surface area (Å²) in [4.78, 5) is 36.3. The van der Waals surface area contributed by atoms with Gasteiger partial charge in [0.2, 0.25) is 11.9 Å². The van der Waals surface area contributed by atoms with Gasteiger partial charge in [-0.3, -0.25) is 9.59 Å². The van der Waals surface area contributed by atoms with Crippen molar-refractivity contribution in [1.29, 1.82) is 0 Å². The van der Waals surface area contributed by atoms with Crippen molar-refractivity contribution in [3.05, 3.63) is 17.5 Å². The third kappa shape index (κ3) is 2.54. The zero-order valence-electron chi connectivity index (χ0n) is 13.7. The summed E-state index contributed by atoms with van der Waals surface area (Å²) >= 11 is 0. The minimum absolute atomic E-state index is 0.0755. The number of nitrogens with zero attached hydrogens (tertiary/aromatic N) is 4. The predicted octanol–water partition coefficient (Wildman–Crippen LogP) is 0.995. The number of likely N-dealkylation sites (tertiary alicyclic amines) is 1. The summed E-state index contributed by atoms with van der Waals surface area (Å²) in [5.41, 5.74) is 1.27. The lowest BCUT2D eigenvalue weighted by Gasteiger charge is -2.45. The van der Waals surface area contributed by atoms with Gasteiger partial charge in [0.05, 0.1) is 11.5 Å². The monoisotopic (exact) mass is 318 g/mol. The fourth-order valence-electron chi connectivity index (χ4n) is 3.93. The molecule has 7 heteroatoms. The molecule has 1 amide bonds. The number of aromatic nitrogens is 2. The molecule has 0 radical (unpaired) electrons. The largest absolute Gasteiger partial charge is 0.481 e. The summed E-state index contributed by atoms with van der Waals surface area (Å²) in [7, 11) is 1.73. The molecule has 0 aromatic carbocycles. The number of piperidine rings is 1. The van der Waals surface area contributed by atoms with E-state index in [0.29, 0.717) is 31.9 Å². The van der Waals surface area contributed by atoms with Crippen LogP contribution in [0.25, 0.3) is 0 Å². The summed E-state index contributed by atoms with van der Waals surface area (Å²) in [6, 6.07) is 1.93. The lowest BCUT2D eigenvalue weighted by Crippen LogP contribution is -2.56. The van der Waals surface area contributed by atoms with Crippen LogP contribution in [0.3, 0.4) is 0 Å². The van der Waals surface area contributed by atoms with Gasteiger partial charge in [-0.2, -0.15) is 0 Å². The number of aryl methyl sites for hydroxylation is 2. The first-order chi connectivity index (χ1) is 10.8. The zero-order chi connectivity index (χ0) is 16.8. The molecule has 23 heavy (non-hydrogen) atoms. The van der Waals surface area contributed by atoms with Gasteiger partial charge in [-0.25, -0.2) is 9.97 Å². The molecule has 1 aromatic rings. The van der Waals surface area contributed by atoms with Crippen molar-refractivity contribution in [2.24, 2.45) is 5.92 Å². The van der Waals surface area contributed by atoms with Gasteiger partial charge in [0, 0.05) is 37.9 Å². The SMILES string of the molecule is Cc1cc(C)nc(N2CCC3(CC2)[C@@H](C(=O)O)CC(=O)N3C)n1. The molecule has 0 bridgehead atoms. The number of rotatable bonds is 2. The van der Waals surface area contributed by atoms with Gasteiger partial charge in [0.1, 0.15) is 0 Å². The summed E-state index contributed by atoms with van der Waals surface area (Å²) in [6.45, 7) is 5.19. The molecule has 1 aromatic heterocycles. The average Bonchev–Trinajstić information content (AvgIpc) is 2.73. The lowest BCUT2D eigenvalue weighted by atomic mass is 9.77. The quantitative estimate of drug-likeness (QED) is 0.875. The highest BCUT2D eigenvalue weighted by Gasteiger charge is 2.55. The van der Waals surface area contributed by atoms with Gasteiger partial charge in [0.15, 0.2) is 0 Å². The molecular weight excluding hydrogens is 296 g/mol. The molecular formula is C16H22N4O3. The van der Waals surface area contributed by atoms with E-state index in [1.165, 1.54) is 0 Å². The van der Waals surface area contributed by atoms with E-state index < -0.39 is 17.4 Å². The first kappa shape index (κ1) is 15.7. The molecule has 1 spiro atoms. The molecule has 3 heterocycles. The number of carbonyl (C=O) groups is 2. The summed E-state index contributed by atoms with van der Waals surface area (Å²) in [6.07, 6.45) is 1.36. The van der Waals surface area contributed by atoms with E-state index in [2.05, 4.69) is 14.9 Å². The normalized spacial score (nSPS) is 23.6. The summed E-state index contributed by atoms with van der Waals surface area (Å²) in [5.74, 6) is -0.884. The van der Waals surface area contributed by atoms with E-state index in [0.717, 1.165) is 11.4 Å². The third-order valence-corrected chi connectivity index (χ3v) is 5.25. The topological polar surface area (TPSA) is 86.6 Å². The Hall–Kier alpha value is -2.18. The molecule has 0 unspecified atom stereocenters. The van der Waals surface area contributed by atoms with E-state index in [1.54, 1.807) is 11.9 Å². The van der Waals surface area contributed by atoms with Crippen molar-refractivity contribution in [2.75, 3.05) is 25.0 Å². The molecule has 1 N–H and O–H groups in total. The number of anilines is 1. The zero-order valence-corrected chi connectivity index (χ0v) is 13.7. The van der Waals surface area contributed by atoms with Crippen molar-refractivity contribution >= 4 is 17.8 Å². The van der Waals surface area contributed by atoms with Gasteiger partial charge in [-0.05, 0) is 32.8 Å². The Balaban J connectivity index is 1.82. The van der Waals surface area contributed by atoms with Crippen LogP contribution < -0.4 is 4.90 Å². The molecule has 7 nitrogen and oxygen atoms in total. The van der Waals surface area contributed by atoms with Gasteiger partial charge in [-0.1, -0.05) is 0 Å². The number of hydrogen-bond donors (Lipinski definition) is 1. The summed E-state index contributed by atoms with van der Waals surface area (Å²) in [5, 5.41) is 9.50. The van der Waals surface area contributed by atoms with Crippen LogP contribution in [0.1, 0.15) is 30.7 Å². The van der Waals surface area contributed by atoms with Crippen molar-refractivity contribution in [2.45, 2.75) is 38.6 Å². The molecule has 2 aliphatic rings. The van der Waals surface area contributed by atoms with E-state index in [9.17, 15) is 14.7 Å². The Bertz CT molecular complexity index is 632. The summed E-state index contributed by atoms with van der Waals surface area (Å²) < 4.78 is 0. The van der Waals surface area contributed by atoms with E-state index >= 15 is 0 Å². The van der Waals surface area contributed by atoms with Gasteiger partial charge < -0.3 is 14.9 Å². The van der Waals surface area contributed by atoms with E-state index in [-0.39, 0.29) is 12.3 Å². The maximum Gasteiger partial charge on any atom is 0.309 e. The van der Waals surface area contributed by atoms with Crippen LogP contribution in [0.4, 0.5) is 5.95 Å². The Morgan fingerprint density at radius 3 is 2.35 bits per heavy atom. The Morgan fingerprint density at radius 2 is 1.83 bits per heavy atom. The molecule has 0 saturated carbocycles. The van der Waals surface area contributed by atoms with Gasteiger partial charge >= 0.3 is 5.97 Å². The van der Waals surface area contributed by atoms with Gasteiger partial charge in [-0.15, -0.1) is 0 Å². The van der Waals surface area contributed by atoms with Crippen LogP contribution in [0.5, 0.6) is 0 Å². The van der Waals surface area contributed by atoms with Crippen molar-refractivity contribution in [3.8, 4) is 0 Å². The van der Waals surface area contributed by atoms with Crippen LogP contribution in [-0.2, 0) is 9.59 Å². The number of amides is 1. The molecule has 2 saturated heterocycles. The smallest absolute Gasteiger partial charge is 0.309 e. The number of carboxylic acid groups (broad SMARTS) is 1. The fourth-order valence-corrected chi connectivity index (χ4v) is 3.93. The fraction of sp³-hybridized carbons (Fsp3) is 0.625. The standard InChI is InChI=1S/C16H22N4O3/c1-10-8-11(2)18-15(17-10)20-6-4-16(5-7-20)12(14(22)23)9-13(21)19(16)3/h8,12H,4-7,9H2,1-3H3,(H,22,23)/t12-/m1/s1. The van der Waals surface area contributed by atoms with E-state index in [4.69, 9.17) is 0 Å². The second-order valence-corrected chi connectivity index (χ2v) is 6.59. The number of carboxylic acids is 1. The van der Waals surface area contributed by atoms with Crippen molar-refractivity contribution < 1.29 is 14.7 Å². The molecule has 0 aliphatic carbocycles. The van der Waals surface area contributed by atoms with Crippen molar-refractivity contribution in [1.82, 2.24) is 14.9 Å². The van der Waals surface area contributed by atoms with Gasteiger partial charge in [0.25, 0.3) is 0 Å². The van der Waals surface area contributed by atoms with Crippen LogP contribution >= 0.6 is 0 Å². The Morgan fingerprint density at radius 1 is 1.26 bits per heavy atom. The number of carbonyl (C=O) groups excluding carboxylic acids is 1. The lowest BCUT2D eigenvalue weighted by molar-refractivity contribution is -0.145. The molecule has 2 fully saturated rings. The average molecular weight is 318 g/mol. The molecule has 3 rings (SSSR count). The second-order valence-electron chi connectivity index (χ2n) is 6.59. The van der Waals surface area contributed by atoms with Crippen molar-refractivity contribution in [3.63, 3.8) is 0 Å². The highest BCUT2D eigenvalue weighted by Crippen LogP contribution is 2.43. The first-order valence-corrected chi connectivity index (χ1v) is 7.90. The maximum atomic E-state index is 12.0. The minimum atomic E-state index is -0.876. The third-order valence-electron chi connectivity index (χ3n) is 5.25. The van der Waals surface area contributed by atoms with Crippen LogP contribution in [0.15, 0.2) is 6.07 Å². The molecule has 124 valence electrons. The Labute approximate surface area is 135 Å². The molecule has 2 aliphatic heterocycles. The number of hydrogen-bond acceptors (Lipinski definition) is 5. The second kappa shape index (κ2) is 5.47. The van der Waals surface area contributed by atoms with Crippen LogP contribution in [0, 0.1) is 19.8 Å². The molecule has 1 atom stereocenters. The highest BCUT2D eigenvalue weighted by molar-refractivity contribution is 5.88. The predicted molar refractivity (Wildman–Crippen MR) is 84.2 cm³/mol. The van der Waals surface area contributed by atoms with Crippen LogP contribution in [-0.4, -0.2) is 57.5 Å². The van der Waals surface area contributed by atoms with Crippen LogP contribution in [0.2, 0.25) is 0 Å². The Kier molecular flexibility index (Phi) is 3.74. The number of aliphatic carboxylic acids is 1. The maximum absolute atomic E-state index is 12.0. The first-order valence-electron chi connectivity index (χ1n) is 7.90. The highest BCUT2D eigenvalue weighted by atomic mass is 16.4. The minimum Gasteiger partial charge on any atom is -0.481 e.